The lowest BCUT2D eigenvalue weighted by Crippen LogP contribution is -2.22. The predicted octanol–water partition coefficient (Wildman–Crippen LogP) is 4.87. The third kappa shape index (κ3) is 8.31. The van der Waals surface area contributed by atoms with Crippen LogP contribution in [0, 0.1) is 37.5 Å². The molecule has 4 aromatic heterocycles. The van der Waals surface area contributed by atoms with Gasteiger partial charge in [-0.25, -0.2) is 18.7 Å². The number of carbonyl (C=O) groups excluding carboxylic acids is 2. The van der Waals surface area contributed by atoms with Crippen molar-refractivity contribution in [2.75, 3.05) is 13.2 Å². The Kier molecular flexibility index (Phi) is 10.5. The van der Waals surface area contributed by atoms with Gasteiger partial charge in [-0.1, -0.05) is 23.7 Å². The molecule has 0 fully saturated rings. The van der Waals surface area contributed by atoms with Crippen molar-refractivity contribution in [2.45, 2.75) is 64.1 Å². The second-order valence-electron chi connectivity index (χ2n) is 14.4. The first-order valence-electron chi connectivity index (χ1n) is 17.8. The van der Waals surface area contributed by atoms with Gasteiger partial charge >= 0.3 is 0 Å². The fourth-order valence-corrected chi connectivity index (χ4v) is 7.71. The van der Waals surface area contributed by atoms with Gasteiger partial charge in [-0.2, -0.15) is 0 Å². The number of nitrogens with two attached hydrogens (primary N) is 2. The number of aliphatic hydroxyl groups is 2. The number of nitrogens with zero attached hydrogens (tertiary/aromatic N) is 6. The topological polar surface area (TPSA) is 249 Å². The summed E-state index contributed by atoms with van der Waals surface area (Å²) in [5.74, 6) is 11.0. The number of primary amides is 2. The molecular weight excluding hydrogens is 823 g/mol. The summed E-state index contributed by atoms with van der Waals surface area (Å²) in [4.78, 5) is 32.2. The number of carbonyl (C=O) groups is 2. The van der Waals surface area contributed by atoms with E-state index in [1.165, 1.54) is 27.7 Å². The molecule has 6 heterocycles. The second-order valence-corrected chi connectivity index (χ2v) is 16.4. The van der Waals surface area contributed by atoms with Crippen LogP contribution in [-0.4, -0.2) is 65.6 Å². The standard InChI is InChI=1S/2C20H17FN4O4S/c2*1-10-24-25-18(29-10)20(3,27)7-6-11-4-5-13-12(8-11)14-15(19(2,21)9-28-13)30-17(23-14)16(22)26/h2*4-5,8,27H,9H2,1-3H3,(H2,22,26)/t19-,20+;19-,20-/m01/s1. The molecule has 2 aliphatic heterocycles. The molecule has 4 atom stereocenters. The highest BCUT2D eigenvalue weighted by Crippen LogP contribution is 2.46. The minimum absolute atomic E-state index is 0.0166. The Labute approximate surface area is 348 Å². The molecule has 2 aliphatic rings. The van der Waals surface area contributed by atoms with Gasteiger partial charge in [0.2, 0.25) is 23.0 Å². The van der Waals surface area contributed by atoms with E-state index in [0.717, 1.165) is 22.7 Å². The molecule has 0 saturated heterocycles. The fraction of sp³-hybridized carbons (Fsp3) is 0.300. The predicted molar refractivity (Wildman–Crippen MR) is 211 cm³/mol. The van der Waals surface area contributed by atoms with Gasteiger partial charge in [-0.05, 0) is 64.1 Å². The Bertz CT molecular complexity index is 2630. The summed E-state index contributed by atoms with van der Waals surface area (Å²) < 4.78 is 52.1. The molecule has 308 valence electrons. The number of hydrogen-bond donors (Lipinski definition) is 4. The quantitative estimate of drug-likeness (QED) is 0.173. The van der Waals surface area contributed by atoms with Crippen LogP contribution in [0.3, 0.4) is 0 Å². The van der Waals surface area contributed by atoms with Crippen LogP contribution in [0.15, 0.2) is 45.2 Å². The molecule has 0 spiro atoms. The Hall–Kier alpha value is -6.58. The highest BCUT2D eigenvalue weighted by atomic mass is 32.1. The SMILES string of the molecule is Cc1nnc([C@](C)(O)C#Cc2ccc3c(c2)-c2nc(C(N)=O)sc2[C@@](C)(F)CO3)o1.Cc1nnc([C@](C)(O)C#Cc2ccc3c(c2)-c2nc(C(N)=O)sc2[C@](C)(F)CO3)o1. The van der Waals surface area contributed by atoms with Gasteiger partial charge in [0.15, 0.2) is 21.4 Å². The number of aryl methyl sites for hydroxylation is 2. The molecule has 0 aliphatic carbocycles. The lowest BCUT2D eigenvalue weighted by Gasteiger charge is -2.16. The lowest BCUT2D eigenvalue weighted by atomic mass is 10.0. The number of aromatic nitrogens is 6. The van der Waals surface area contributed by atoms with Gasteiger partial charge in [0.1, 0.15) is 24.7 Å². The molecule has 6 aromatic rings. The average molecular weight is 857 g/mol. The summed E-state index contributed by atoms with van der Waals surface area (Å²) in [5.41, 5.74) is 6.23. The van der Waals surface area contributed by atoms with Crippen molar-refractivity contribution in [1.29, 1.82) is 0 Å². The Morgan fingerprint density at radius 3 is 1.43 bits per heavy atom. The smallest absolute Gasteiger partial charge is 0.277 e. The monoisotopic (exact) mass is 856 g/mol. The third-order valence-corrected chi connectivity index (χ3v) is 11.5. The molecule has 60 heavy (non-hydrogen) atoms. The zero-order valence-electron chi connectivity index (χ0n) is 32.6. The third-order valence-electron chi connectivity index (χ3n) is 8.88. The second kappa shape index (κ2) is 15.2. The van der Waals surface area contributed by atoms with Crippen molar-refractivity contribution in [3.63, 3.8) is 0 Å². The zero-order valence-corrected chi connectivity index (χ0v) is 34.3. The number of fused-ring (bicyclic) bond motifs is 6. The summed E-state index contributed by atoms with van der Waals surface area (Å²) in [5, 5.41) is 36.1. The number of amides is 2. The van der Waals surface area contributed by atoms with E-state index in [2.05, 4.69) is 54.0 Å². The van der Waals surface area contributed by atoms with Crippen LogP contribution in [0.5, 0.6) is 11.5 Å². The molecule has 0 radical (unpaired) electrons. The van der Waals surface area contributed by atoms with Crippen LogP contribution in [-0.2, 0) is 22.5 Å². The molecule has 0 saturated carbocycles. The first-order valence-corrected chi connectivity index (χ1v) is 19.4. The van der Waals surface area contributed by atoms with E-state index in [0.29, 0.717) is 45.5 Å². The summed E-state index contributed by atoms with van der Waals surface area (Å²) >= 11 is 1.81. The highest BCUT2D eigenvalue weighted by molar-refractivity contribution is 7.14. The van der Waals surface area contributed by atoms with Crippen LogP contribution in [0.2, 0.25) is 0 Å². The number of benzene rings is 2. The van der Waals surface area contributed by atoms with Crippen LogP contribution in [0.4, 0.5) is 8.78 Å². The van der Waals surface area contributed by atoms with Crippen molar-refractivity contribution in [1.82, 2.24) is 30.4 Å². The molecule has 0 bridgehead atoms. The first-order chi connectivity index (χ1) is 28.1. The van der Waals surface area contributed by atoms with E-state index in [-0.39, 0.29) is 56.2 Å². The van der Waals surface area contributed by atoms with Gasteiger partial charge in [-0.3, -0.25) is 9.59 Å². The van der Waals surface area contributed by atoms with Crippen LogP contribution in [0.25, 0.3) is 22.5 Å². The molecule has 2 amide bonds. The summed E-state index contributed by atoms with van der Waals surface area (Å²) in [7, 11) is 0. The van der Waals surface area contributed by atoms with Gasteiger partial charge in [-0.15, -0.1) is 43.1 Å². The van der Waals surface area contributed by atoms with Crippen molar-refractivity contribution in [2.24, 2.45) is 11.5 Å². The number of hydrogen-bond acceptors (Lipinski definition) is 16. The van der Waals surface area contributed by atoms with E-state index in [9.17, 15) is 19.8 Å². The summed E-state index contributed by atoms with van der Waals surface area (Å²) in [6.45, 7) is 8.36. The van der Waals surface area contributed by atoms with Crippen LogP contribution < -0.4 is 20.9 Å². The maximum absolute atomic E-state index is 15.2. The Morgan fingerprint density at radius 1 is 0.717 bits per heavy atom. The Balaban J connectivity index is 0.000000181. The largest absolute Gasteiger partial charge is 0.489 e. The maximum atomic E-state index is 15.2. The first kappa shape index (κ1) is 41.6. The zero-order chi connectivity index (χ0) is 43.4. The summed E-state index contributed by atoms with van der Waals surface area (Å²) in [6.07, 6.45) is 0. The molecule has 6 N–H and O–H groups in total. The van der Waals surface area contributed by atoms with Gasteiger partial charge < -0.3 is 40.0 Å². The normalized spacial score (nSPS) is 19.4. The van der Waals surface area contributed by atoms with Gasteiger partial charge in [0.25, 0.3) is 23.6 Å². The Morgan fingerprint density at radius 2 is 1.10 bits per heavy atom. The minimum atomic E-state index is -1.84. The number of ether oxygens (including phenoxy) is 2. The lowest BCUT2D eigenvalue weighted by molar-refractivity contribution is 0.0879. The maximum Gasteiger partial charge on any atom is 0.277 e. The molecule has 8 rings (SSSR count). The van der Waals surface area contributed by atoms with Crippen LogP contribution in [0.1, 0.15) is 91.7 Å². The van der Waals surface area contributed by atoms with Crippen LogP contribution >= 0.6 is 22.7 Å². The van der Waals surface area contributed by atoms with Crippen molar-refractivity contribution >= 4 is 34.5 Å². The van der Waals surface area contributed by atoms with E-state index < -0.39 is 34.4 Å². The fourth-order valence-electron chi connectivity index (χ4n) is 5.80. The molecule has 20 heteroatoms. The number of rotatable bonds is 4. The van der Waals surface area contributed by atoms with Crippen molar-refractivity contribution < 1.29 is 46.9 Å². The average Bonchev–Trinajstić information content (AvgIpc) is 4.01. The van der Waals surface area contributed by atoms with E-state index in [1.807, 2.05) is 0 Å². The molecule has 0 unspecified atom stereocenters. The number of thiazole rings is 2. The molecule has 2 aromatic carbocycles. The minimum Gasteiger partial charge on any atom is -0.489 e. The molecule has 16 nitrogen and oxygen atoms in total. The molecular formula is C40H34F2N8O8S2. The summed E-state index contributed by atoms with van der Waals surface area (Å²) in [6, 6.07) is 9.93. The van der Waals surface area contributed by atoms with E-state index in [4.69, 9.17) is 29.8 Å². The highest BCUT2D eigenvalue weighted by Gasteiger charge is 2.39. The van der Waals surface area contributed by atoms with Gasteiger partial charge in [0.05, 0.1) is 21.1 Å². The van der Waals surface area contributed by atoms with Gasteiger partial charge in [0, 0.05) is 36.1 Å². The van der Waals surface area contributed by atoms with E-state index >= 15 is 8.78 Å². The number of alkyl halides is 2. The number of halogens is 2. The van der Waals surface area contributed by atoms with Crippen molar-refractivity contribution in [3.8, 4) is 57.7 Å². The van der Waals surface area contributed by atoms with E-state index in [1.54, 1.807) is 50.2 Å². The van der Waals surface area contributed by atoms with Crippen molar-refractivity contribution in [3.05, 3.63) is 90.9 Å².